The van der Waals surface area contributed by atoms with Crippen LogP contribution in [0, 0.1) is 17.5 Å². The van der Waals surface area contributed by atoms with Gasteiger partial charge in [0.2, 0.25) is 0 Å². The first-order valence-corrected chi connectivity index (χ1v) is 6.15. The molecule has 0 saturated carbocycles. The quantitative estimate of drug-likeness (QED) is 0.836. The fourth-order valence-corrected chi connectivity index (χ4v) is 2.01. The van der Waals surface area contributed by atoms with Gasteiger partial charge in [-0.1, -0.05) is 0 Å². The van der Waals surface area contributed by atoms with Crippen LogP contribution in [0.1, 0.15) is 0 Å². The van der Waals surface area contributed by atoms with E-state index in [1.165, 1.54) is 12.1 Å². The van der Waals surface area contributed by atoms with Crippen molar-refractivity contribution in [1.29, 1.82) is 0 Å². The number of ether oxygens (including phenoxy) is 2. The van der Waals surface area contributed by atoms with Crippen molar-refractivity contribution in [3.05, 3.63) is 41.7 Å². The van der Waals surface area contributed by atoms with Gasteiger partial charge in [-0.2, -0.15) is 0 Å². The van der Waals surface area contributed by atoms with Gasteiger partial charge in [0.15, 0.2) is 23.1 Å². The van der Waals surface area contributed by atoms with Crippen LogP contribution in [0.25, 0.3) is 0 Å². The van der Waals surface area contributed by atoms with Crippen LogP contribution in [-0.4, -0.2) is 13.2 Å². The van der Waals surface area contributed by atoms with E-state index in [1.54, 1.807) is 0 Å². The molecule has 3 rings (SSSR count). The average Bonchev–Trinajstić information content (AvgIpc) is 2.43. The van der Waals surface area contributed by atoms with Crippen LogP contribution in [-0.2, 0) is 0 Å². The molecule has 0 bridgehead atoms. The Bertz CT molecular complexity index is 684. The fraction of sp³-hybridized carbons (Fsp3) is 0.143. The molecule has 2 aromatic rings. The predicted octanol–water partition coefficient (Wildman–Crippen LogP) is 3.20. The Kier molecular flexibility index (Phi) is 3.25. The number of halogens is 3. The summed E-state index contributed by atoms with van der Waals surface area (Å²) in [7, 11) is 0. The number of hydrogen-bond acceptors (Lipinski definition) is 4. The van der Waals surface area contributed by atoms with Crippen molar-refractivity contribution in [2.24, 2.45) is 0 Å². The largest absolute Gasteiger partial charge is 0.486 e. The lowest BCUT2D eigenvalue weighted by Gasteiger charge is -2.20. The molecule has 0 amide bonds. The summed E-state index contributed by atoms with van der Waals surface area (Å²) in [6.07, 6.45) is 0. The highest BCUT2D eigenvalue weighted by Crippen LogP contribution is 2.38. The second-order valence-corrected chi connectivity index (χ2v) is 4.45. The first-order valence-electron chi connectivity index (χ1n) is 6.15. The van der Waals surface area contributed by atoms with Crippen LogP contribution in [0.4, 0.5) is 30.2 Å². The lowest BCUT2D eigenvalue weighted by Crippen LogP contribution is -2.16. The van der Waals surface area contributed by atoms with Crippen LogP contribution < -0.4 is 20.5 Å². The molecule has 0 unspecified atom stereocenters. The van der Waals surface area contributed by atoms with Crippen molar-refractivity contribution < 1.29 is 22.6 Å². The van der Waals surface area contributed by atoms with E-state index in [9.17, 15) is 13.2 Å². The minimum atomic E-state index is -1.05. The van der Waals surface area contributed by atoms with Gasteiger partial charge in [-0.3, -0.25) is 0 Å². The highest BCUT2D eigenvalue weighted by atomic mass is 19.1. The highest BCUT2D eigenvalue weighted by molar-refractivity contribution is 5.77. The fourth-order valence-electron chi connectivity index (χ4n) is 2.01. The van der Waals surface area contributed by atoms with E-state index in [-0.39, 0.29) is 11.4 Å². The van der Waals surface area contributed by atoms with Gasteiger partial charge in [0.1, 0.15) is 24.7 Å². The van der Waals surface area contributed by atoms with Gasteiger partial charge in [-0.05, 0) is 0 Å². The Morgan fingerprint density at radius 2 is 1.48 bits per heavy atom. The average molecular weight is 296 g/mol. The Morgan fingerprint density at radius 1 is 0.905 bits per heavy atom. The molecular weight excluding hydrogens is 285 g/mol. The molecule has 0 radical (unpaired) electrons. The minimum absolute atomic E-state index is 0.224. The van der Waals surface area contributed by atoms with Crippen LogP contribution >= 0.6 is 0 Å². The molecule has 0 aliphatic carbocycles. The molecule has 1 aliphatic heterocycles. The number of nitrogens with two attached hydrogens (primary N) is 1. The summed E-state index contributed by atoms with van der Waals surface area (Å²) in [5.41, 5.74) is 5.78. The zero-order valence-electron chi connectivity index (χ0n) is 10.8. The Morgan fingerprint density at radius 3 is 2.10 bits per heavy atom. The molecule has 1 aliphatic rings. The minimum Gasteiger partial charge on any atom is -0.486 e. The van der Waals surface area contributed by atoms with Crippen molar-refractivity contribution in [3.8, 4) is 11.5 Å². The van der Waals surface area contributed by atoms with Gasteiger partial charge in [0.25, 0.3) is 0 Å². The molecule has 4 nitrogen and oxygen atoms in total. The zero-order chi connectivity index (χ0) is 15.0. The van der Waals surface area contributed by atoms with E-state index in [1.807, 2.05) is 0 Å². The Labute approximate surface area is 118 Å². The Balaban J connectivity index is 1.99. The van der Waals surface area contributed by atoms with Gasteiger partial charge in [0, 0.05) is 24.3 Å². The monoisotopic (exact) mass is 296 g/mol. The van der Waals surface area contributed by atoms with Crippen molar-refractivity contribution in [2.45, 2.75) is 0 Å². The van der Waals surface area contributed by atoms with Crippen LogP contribution in [0.3, 0.4) is 0 Å². The van der Waals surface area contributed by atoms with E-state index in [0.29, 0.717) is 36.8 Å². The maximum absolute atomic E-state index is 13.6. The van der Waals surface area contributed by atoms with Crippen molar-refractivity contribution in [2.75, 3.05) is 24.3 Å². The third-order valence-corrected chi connectivity index (χ3v) is 2.98. The summed E-state index contributed by atoms with van der Waals surface area (Å²) < 4.78 is 50.8. The Hall–Kier alpha value is -2.57. The normalized spacial score (nSPS) is 13.1. The lowest BCUT2D eigenvalue weighted by atomic mass is 10.2. The molecule has 21 heavy (non-hydrogen) atoms. The standard InChI is InChI=1S/C14H11F3N2O2/c15-7-3-8(16)14(9(17)4-7)19-11-6-13-12(5-10(11)18)20-1-2-21-13/h3-6,19H,1-2,18H2. The number of benzene rings is 2. The van der Waals surface area contributed by atoms with E-state index in [2.05, 4.69) is 5.32 Å². The number of nitrogen functional groups attached to an aromatic ring is 1. The lowest BCUT2D eigenvalue weighted by molar-refractivity contribution is 0.172. The second kappa shape index (κ2) is 5.08. The molecule has 0 saturated heterocycles. The maximum atomic E-state index is 13.6. The van der Waals surface area contributed by atoms with Gasteiger partial charge >= 0.3 is 0 Å². The molecule has 1 heterocycles. The summed E-state index contributed by atoms with van der Waals surface area (Å²) in [6, 6.07) is 4.14. The van der Waals surface area contributed by atoms with Crippen molar-refractivity contribution in [3.63, 3.8) is 0 Å². The van der Waals surface area contributed by atoms with Crippen LogP contribution in [0.2, 0.25) is 0 Å². The summed E-state index contributed by atoms with van der Waals surface area (Å²) in [5.74, 6) is -2.22. The van der Waals surface area contributed by atoms with E-state index in [0.717, 1.165) is 0 Å². The molecular formula is C14H11F3N2O2. The van der Waals surface area contributed by atoms with E-state index in [4.69, 9.17) is 15.2 Å². The molecule has 0 aromatic heterocycles. The third kappa shape index (κ3) is 2.54. The van der Waals surface area contributed by atoms with E-state index < -0.39 is 23.1 Å². The summed E-state index contributed by atoms with van der Waals surface area (Å²) in [5, 5.41) is 2.51. The topological polar surface area (TPSA) is 56.5 Å². The van der Waals surface area contributed by atoms with Crippen molar-refractivity contribution in [1.82, 2.24) is 0 Å². The smallest absolute Gasteiger partial charge is 0.163 e. The van der Waals surface area contributed by atoms with Gasteiger partial charge in [0.05, 0.1) is 11.4 Å². The highest BCUT2D eigenvalue weighted by Gasteiger charge is 2.17. The number of rotatable bonds is 2. The molecule has 110 valence electrons. The van der Waals surface area contributed by atoms with Gasteiger partial charge < -0.3 is 20.5 Å². The zero-order valence-corrected chi connectivity index (χ0v) is 10.8. The molecule has 0 atom stereocenters. The molecule has 0 fully saturated rings. The number of hydrogen-bond donors (Lipinski definition) is 2. The predicted molar refractivity (Wildman–Crippen MR) is 71.4 cm³/mol. The van der Waals surface area contributed by atoms with Crippen LogP contribution in [0.5, 0.6) is 11.5 Å². The molecule has 0 spiro atoms. The second-order valence-electron chi connectivity index (χ2n) is 4.45. The molecule has 7 heteroatoms. The summed E-state index contributed by atoms with van der Waals surface area (Å²) in [6.45, 7) is 0.774. The van der Waals surface area contributed by atoms with Crippen LogP contribution in [0.15, 0.2) is 24.3 Å². The van der Waals surface area contributed by atoms with Gasteiger partial charge in [-0.15, -0.1) is 0 Å². The summed E-state index contributed by atoms with van der Waals surface area (Å²) in [4.78, 5) is 0. The molecule has 3 N–H and O–H groups in total. The maximum Gasteiger partial charge on any atom is 0.163 e. The van der Waals surface area contributed by atoms with E-state index >= 15 is 0 Å². The number of nitrogens with one attached hydrogen (secondary N) is 1. The van der Waals surface area contributed by atoms with Crippen molar-refractivity contribution >= 4 is 17.1 Å². The first-order chi connectivity index (χ1) is 10.0. The molecule has 2 aromatic carbocycles. The number of anilines is 3. The summed E-state index contributed by atoms with van der Waals surface area (Å²) >= 11 is 0. The third-order valence-electron chi connectivity index (χ3n) is 2.98. The van der Waals surface area contributed by atoms with Gasteiger partial charge in [-0.25, -0.2) is 13.2 Å². The first kappa shape index (κ1) is 13.4. The number of fused-ring (bicyclic) bond motifs is 1. The SMILES string of the molecule is Nc1cc2c(cc1Nc1c(F)cc(F)cc1F)OCCO2.